The zero-order valence-electron chi connectivity index (χ0n) is 17.5. The molecule has 4 rings (SSSR count). The summed E-state index contributed by atoms with van der Waals surface area (Å²) in [5.41, 5.74) is 0.958. The second-order valence-electron chi connectivity index (χ2n) is 8.75. The van der Waals surface area contributed by atoms with Crippen molar-refractivity contribution in [1.82, 2.24) is 9.80 Å². The first-order valence-corrected chi connectivity index (χ1v) is 11.2. The van der Waals surface area contributed by atoms with E-state index in [1.54, 1.807) is 0 Å². The number of piperidine rings is 2. The van der Waals surface area contributed by atoms with Gasteiger partial charge in [0.05, 0.1) is 24.4 Å². The average molecular weight is 403 g/mol. The molecule has 2 atom stereocenters. The number of aliphatic hydroxyl groups is 1. The van der Waals surface area contributed by atoms with Crippen LogP contribution in [0.5, 0.6) is 0 Å². The quantitative estimate of drug-likeness (QED) is 0.840. The van der Waals surface area contributed by atoms with E-state index in [0.717, 1.165) is 58.3 Å². The van der Waals surface area contributed by atoms with Crippen molar-refractivity contribution in [3.8, 4) is 0 Å². The van der Waals surface area contributed by atoms with Crippen molar-refractivity contribution in [3.63, 3.8) is 0 Å². The zero-order chi connectivity index (χ0) is 20.3. The van der Waals surface area contributed by atoms with Gasteiger partial charge in [0.2, 0.25) is 0 Å². The molecule has 3 fully saturated rings. The predicted octanol–water partition coefficient (Wildman–Crippen LogP) is 3.35. The molecule has 0 unspecified atom stereocenters. The summed E-state index contributed by atoms with van der Waals surface area (Å²) in [6, 6.07) is 10.8. The van der Waals surface area contributed by atoms with E-state index in [1.165, 1.54) is 5.56 Å². The van der Waals surface area contributed by atoms with Gasteiger partial charge in [-0.3, -0.25) is 0 Å². The molecular weight excluding hydrogens is 368 g/mol. The second-order valence-corrected chi connectivity index (χ2v) is 8.75. The van der Waals surface area contributed by atoms with Gasteiger partial charge in [-0.2, -0.15) is 0 Å². The van der Waals surface area contributed by atoms with E-state index >= 15 is 0 Å². The number of ether oxygens (including phenoxy) is 2. The van der Waals surface area contributed by atoms with E-state index in [2.05, 4.69) is 17.0 Å². The number of carbonyl (C=O) groups is 1. The Balaban J connectivity index is 1.31. The number of rotatable bonds is 3. The summed E-state index contributed by atoms with van der Waals surface area (Å²) < 4.78 is 11.8. The highest BCUT2D eigenvalue weighted by atomic mass is 16.6. The second kappa shape index (κ2) is 9.02. The van der Waals surface area contributed by atoms with Crippen LogP contribution in [0.2, 0.25) is 0 Å². The lowest BCUT2D eigenvalue weighted by Crippen LogP contribution is -2.55. The van der Waals surface area contributed by atoms with E-state index in [4.69, 9.17) is 9.47 Å². The minimum Gasteiger partial charge on any atom is -0.450 e. The van der Waals surface area contributed by atoms with Crippen LogP contribution >= 0.6 is 0 Å². The highest BCUT2D eigenvalue weighted by Crippen LogP contribution is 2.43. The molecule has 0 saturated carbocycles. The standard InChI is InChI=1S/C23H34N2O4/c1-2-28-22(27)25-12-8-19(9-13-25)24-14-10-23(11-15-24)17-20(26)16-21(29-23)18-6-4-3-5-7-18/h3-7,19-21,26H,2,8-17H2,1H3/t20-,21+/m0/s1. The van der Waals surface area contributed by atoms with Crippen LogP contribution < -0.4 is 0 Å². The molecule has 1 amide bonds. The first-order chi connectivity index (χ1) is 14.1. The van der Waals surface area contributed by atoms with Gasteiger partial charge in [-0.25, -0.2) is 4.79 Å². The van der Waals surface area contributed by atoms with Gasteiger partial charge in [0.15, 0.2) is 0 Å². The van der Waals surface area contributed by atoms with Crippen molar-refractivity contribution < 1.29 is 19.4 Å². The highest BCUT2D eigenvalue weighted by molar-refractivity contribution is 5.67. The summed E-state index contributed by atoms with van der Waals surface area (Å²) in [5.74, 6) is 0. The van der Waals surface area contributed by atoms with Crippen molar-refractivity contribution in [2.24, 2.45) is 0 Å². The first kappa shape index (κ1) is 20.6. The number of benzene rings is 1. The van der Waals surface area contributed by atoms with Crippen molar-refractivity contribution in [2.75, 3.05) is 32.8 Å². The molecule has 3 aliphatic heterocycles. The monoisotopic (exact) mass is 402 g/mol. The third-order valence-electron chi connectivity index (χ3n) is 6.87. The maximum Gasteiger partial charge on any atom is 0.409 e. The maximum atomic E-state index is 11.9. The van der Waals surface area contributed by atoms with Gasteiger partial charge < -0.3 is 24.4 Å². The van der Waals surface area contributed by atoms with Crippen LogP contribution in [0.4, 0.5) is 4.79 Å². The molecule has 29 heavy (non-hydrogen) atoms. The Kier molecular flexibility index (Phi) is 6.42. The fourth-order valence-electron chi connectivity index (χ4n) is 5.28. The van der Waals surface area contributed by atoms with Gasteiger partial charge in [-0.15, -0.1) is 0 Å². The smallest absolute Gasteiger partial charge is 0.409 e. The maximum absolute atomic E-state index is 11.9. The van der Waals surface area contributed by atoms with Gasteiger partial charge >= 0.3 is 6.09 Å². The molecule has 0 bridgehead atoms. The van der Waals surface area contributed by atoms with Crippen molar-refractivity contribution in [2.45, 2.75) is 69.3 Å². The number of likely N-dealkylation sites (tertiary alicyclic amines) is 2. The Labute approximate surface area is 173 Å². The molecular formula is C23H34N2O4. The fraction of sp³-hybridized carbons (Fsp3) is 0.696. The summed E-state index contributed by atoms with van der Waals surface area (Å²) in [6.07, 6.45) is 4.86. The van der Waals surface area contributed by atoms with Gasteiger partial charge in [0.1, 0.15) is 0 Å². The minimum atomic E-state index is -0.298. The summed E-state index contributed by atoms with van der Waals surface area (Å²) in [4.78, 5) is 16.3. The lowest BCUT2D eigenvalue weighted by atomic mass is 9.80. The number of hydrogen-bond donors (Lipinski definition) is 1. The molecule has 1 N–H and O–H groups in total. The van der Waals surface area contributed by atoms with Crippen LogP contribution in [-0.2, 0) is 9.47 Å². The van der Waals surface area contributed by atoms with Crippen molar-refractivity contribution in [1.29, 1.82) is 0 Å². The topological polar surface area (TPSA) is 62.2 Å². The Bertz CT molecular complexity index is 667. The normalized spacial score (nSPS) is 28.4. The predicted molar refractivity (Wildman–Crippen MR) is 111 cm³/mol. The molecule has 0 aliphatic carbocycles. The molecule has 160 valence electrons. The molecule has 1 spiro atoms. The van der Waals surface area contributed by atoms with Crippen LogP contribution in [-0.4, -0.2) is 71.5 Å². The van der Waals surface area contributed by atoms with E-state index in [1.807, 2.05) is 30.0 Å². The summed E-state index contributed by atoms with van der Waals surface area (Å²) in [5, 5.41) is 10.6. The number of amides is 1. The van der Waals surface area contributed by atoms with Crippen LogP contribution in [0.3, 0.4) is 0 Å². The summed E-state index contributed by atoms with van der Waals surface area (Å²) >= 11 is 0. The highest BCUT2D eigenvalue weighted by Gasteiger charge is 2.44. The van der Waals surface area contributed by atoms with Crippen LogP contribution in [0.25, 0.3) is 0 Å². The largest absolute Gasteiger partial charge is 0.450 e. The van der Waals surface area contributed by atoms with Gasteiger partial charge in [-0.05, 0) is 38.2 Å². The van der Waals surface area contributed by atoms with Crippen LogP contribution in [0.1, 0.15) is 57.1 Å². The summed E-state index contributed by atoms with van der Waals surface area (Å²) in [7, 11) is 0. The molecule has 3 heterocycles. The van der Waals surface area contributed by atoms with Crippen LogP contribution in [0, 0.1) is 0 Å². The zero-order valence-corrected chi connectivity index (χ0v) is 17.5. The Morgan fingerprint density at radius 3 is 2.52 bits per heavy atom. The number of carbonyl (C=O) groups excluding carboxylic acids is 1. The molecule has 6 nitrogen and oxygen atoms in total. The average Bonchev–Trinajstić information content (AvgIpc) is 2.75. The van der Waals surface area contributed by atoms with Gasteiger partial charge in [0.25, 0.3) is 0 Å². The molecule has 1 aromatic rings. The van der Waals surface area contributed by atoms with Gasteiger partial charge in [-0.1, -0.05) is 30.3 Å². The fourth-order valence-corrected chi connectivity index (χ4v) is 5.28. The van der Waals surface area contributed by atoms with Gasteiger partial charge in [0, 0.05) is 45.1 Å². The van der Waals surface area contributed by atoms with E-state index in [0.29, 0.717) is 19.1 Å². The van der Waals surface area contributed by atoms with Crippen molar-refractivity contribution >= 4 is 6.09 Å². The molecule has 3 aliphatic rings. The third kappa shape index (κ3) is 4.76. The molecule has 0 radical (unpaired) electrons. The number of aliphatic hydroxyl groups excluding tert-OH is 1. The summed E-state index contributed by atoms with van der Waals surface area (Å²) in [6.45, 7) is 5.83. The molecule has 0 aromatic heterocycles. The van der Waals surface area contributed by atoms with Crippen LogP contribution in [0.15, 0.2) is 30.3 Å². The Hall–Kier alpha value is -1.63. The Morgan fingerprint density at radius 2 is 1.86 bits per heavy atom. The minimum absolute atomic E-state index is 0.0145. The number of hydrogen-bond acceptors (Lipinski definition) is 5. The number of nitrogens with zero attached hydrogens (tertiary/aromatic N) is 2. The lowest BCUT2D eigenvalue weighted by Gasteiger charge is -2.50. The SMILES string of the molecule is CCOC(=O)N1CCC(N2CCC3(CC2)C[C@@H](O)C[C@H](c2ccccc2)O3)CC1. The molecule has 1 aromatic carbocycles. The Morgan fingerprint density at radius 1 is 1.17 bits per heavy atom. The van der Waals surface area contributed by atoms with E-state index in [9.17, 15) is 9.90 Å². The van der Waals surface area contributed by atoms with E-state index in [-0.39, 0.29) is 23.9 Å². The van der Waals surface area contributed by atoms with Crippen molar-refractivity contribution in [3.05, 3.63) is 35.9 Å². The lowest BCUT2D eigenvalue weighted by molar-refractivity contribution is -0.186. The first-order valence-electron chi connectivity index (χ1n) is 11.2. The third-order valence-corrected chi connectivity index (χ3v) is 6.87. The molecule has 6 heteroatoms. The molecule has 3 saturated heterocycles. The van der Waals surface area contributed by atoms with E-state index < -0.39 is 0 Å².